The Bertz CT molecular complexity index is 2860. The first kappa shape index (κ1) is 32.1. The molecule has 3 aliphatic rings. The van der Waals surface area contributed by atoms with Crippen molar-refractivity contribution in [1.29, 1.82) is 0 Å². The smallest absolute Gasteiger partial charge is 0.0742 e. The number of hydrogen-bond donors (Lipinski definition) is 0. The molecule has 1 spiro atoms. The Balaban J connectivity index is 1.02. The number of anilines is 3. The highest BCUT2D eigenvalue weighted by molar-refractivity contribution is 5.96. The van der Waals surface area contributed by atoms with Gasteiger partial charge < -0.3 is 4.90 Å². The summed E-state index contributed by atoms with van der Waals surface area (Å²) in [6.45, 7) is 0. The van der Waals surface area contributed by atoms with Crippen LogP contribution in [-0.2, 0) is 10.8 Å². The van der Waals surface area contributed by atoms with Crippen molar-refractivity contribution in [2.45, 2.75) is 10.8 Å². The molecule has 1 aliphatic heterocycles. The van der Waals surface area contributed by atoms with Crippen molar-refractivity contribution in [3.8, 4) is 33.4 Å². The van der Waals surface area contributed by atoms with Gasteiger partial charge in [0.05, 0.1) is 22.2 Å². The molecule has 9 aromatic rings. The Labute approximate surface area is 333 Å². The van der Waals surface area contributed by atoms with Crippen LogP contribution in [0.25, 0.3) is 33.4 Å². The first-order valence-corrected chi connectivity index (χ1v) is 19.9. The quantitative estimate of drug-likeness (QED) is 0.175. The second-order valence-corrected chi connectivity index (χ2v) is 15.5. The largest absolute Gasteiger partial charge is 0.310 e. The number of nitrogens with zero attached hydrogens (tertiary/aromatic N) is 1. The molecule has 1 nitrogen and oxygen atoms in total. The molecule has 0 saturated heterocycles. The van der Waals surface area contributed by atoms with E-state index in [9.17, 15) is 0 Å². The van der Waals surface area contributed by atoms with Gasteiger partial charge in [-0.25, -0.2) is 0 Å². The molecule has 0 atom stereocenters. The fourth-order valence-electron chi connectivity index (χ4n) is 10.8. The fraction of sp³-hybridized carbons (Fsp3) is 0.0357. The second-order valence-electron chi connectivity index (χ2n) is 15.5. The lowest BCUT2D eigenvalue weighted by molar-refractivity contribution is 0.731. The van der Waals surface area contributed by atoms with Crippen LogP contribution in [0.1, 0.15) is 44.5 Å². The first-order chi connectivity index (χ1) is 28.3. The minimum Gasteiger partial charge on any atom is -0.310 e. The molecule has 0 aromatic heterocycles. The lowest BCUT2D eigenvalue weighted by Crippen LogP contribution is -2.37. The molecule has 0 bridgehead atoms. The van der Waals surface area contributed by atoms with Gasteiger partial charge in [0.15, 0.2) is 0 Å². The van der Waals surface area contributed by atoms with Gasteiger partial charge in [0.1, 0.15) is 0 Å². The number of fused-ring (bicyclic) bond motifs is 12. The van der Waals surface area contributed by atoms with Crippen LogP contribution in [0.3, 0.4) is 0 Å². The maximum atomic E-state index is 2.47. The van der Waals surface area contributed by atoms with Gasteiger partial charge in [0.25, 0.3) is 0 Å². The summed E-state index contributed by atoms with van der Waals surface area (Å²) < 4.78 is 0. The second kappa shape index (κ2) is 12.1. The van der Waals surface area contributed by atoms with Crippen molar-refractivity contribution in [2.24, 2.45) is 0 Å². The Morgan fingerprint density at radius 1 is 0.263 bits per heavy atom. The highest BCUT2D eigenvalue weighted by Gasteiger charge is 2.51. The van der Waals surface area contributed by atoms with Gasteiger partial charge in [-0.2, -0.15) is 0 Å². The van der Waals surface area contributed by atoms with Gasteiger partial charge in [-0.3, -0.25) is 0 Å². The molecule has 12 rings (SSSR count). The molecule has 0 unspecified atom stereocenters. The van der Waals surface area contributed by atoms with Crippen LogP contribution in [0.15, 0.2) is 224 Å². The average molecular weight is 724 g/mol. The highest BCUT2D eigenvalue weighted by atomic mass is 15.2. The number of para-hydroxylation sites is 2. The van der Waals surface area contributed by atoms with E-state index in [4.69, 9.17) is 0 Å². The number of hydrogen-bond acceptors (Lipinski definition) is 1. The predicted molar refractivity (Wildman–Crippen MR) is 235 cm³/mol. The van der Waals surface area contributed by atoms with E-state index in [-0.39, 0.29) is 5.41 Å². The summed E-state index contributed by atoms with van der Waals surface area (Å²) >= 11 is 0. The van der Waals surface area contributed by atoms with Gasteiger partial charge in [-0.1, -0.05) is 194 Å². The number of benzene rings is 9. The molecule has 0 amide bonds. The fourth-order valence-corrected chi connectivity index (χ4v) is 10.8. The minimum absolute atomic E-state index is 0.361. The lowest BCUT2D eigenvalue weighted by atomic mass is 9.62. The van der Waals surface area contributed by atoms with Gasteiger partial charge in [0, 0.05) is 5.69 Å². The van der Waals surface area contributed by atoms with E-state index in [0.29, 0.717) is 0 Å². The molecular weight excluding hydrogens is 687 g/mol. The van der Waals surface area contributed by atoms with E-state index in [2.05, 4.69) is 229 Å². The SMILES string of the molecule is c1ccc(C2(c3ccccc3)c3ccccc3N(c3ccc(-c4ccc5c(c4)C4(c6ccccc6-c6ccccc64)c4ccccc4-5)cc3)c3ccccc32)cc1. The van der Waals surface area contributed by atoms with Crippen LogP contribution in [-0.4, -0.2) is 0 Å². The standard InChI is InChI=1S/C56H37N/c1-3-17-40(18-4-1)55(41-19-5-2-6-20-41)50-27-13-15-29-53(50)57(54-30-16-14-28-51(54)55)42-34-31-38(32-35-42)39-33-36-46-45-23-9-12-26-49(45)56(52(46)37-39)47-24-10-7-21-43(47)44-22-8-11-25-48(44)56/h1-37H. The molecule has 0 radical (unpaired) electrons. The molecule has 0 N–H and O–H groups in total. The molecule has 2 aliphatic carbocycles. The zero-order valence-electron chi connectivity index (χ0n) is 31.3. The summed E-state index contributed by atoms with van der Waals surface area (Å²) in [6.07, 6.45) is 0. The van der Waals surface area contributed by atoms with Crippen molar-refractivity contribution in [3.63, 3.8) is 0 Å². The van der Waals surface area contributed by atoms with Crippen LogP contribution >= 0.6 is 0 Å². The van der Waals surface area contributed by atoms with Crippen LogP contribution in [0.5, 0.6) is 0 Å². The van der Waals surface area contributed by atoms with E-state index in [1.165, 1.54) is 89.3 Å². The lowest BCUT2D eigenvalue weighted by Gasteiger charge is -2.46. The zero-order chi connectivity index (χ0) is 37.6. The molecule has 266 valence electrons. The van der Waals surface area contributed by atoms with Crippen molar-refractivity contribution < 1.29 is 0 Å². The molecule has 0 saturated carbocycles. The van der Waals surface area contributed by atoms with Crippen LogP contribution in [0, 0.1) is 0 Å². The third-order valence-corrected chi connectivity index (χ3v) is 13.0. The maximum absolute atomic E-state index is 2.47. The molecule has 9 aromatic carbocycles. The van der Waals surface area contributed by atoms with Gasteiger partial charge in [-0.15, -0.1) is 0 Å². The molecule has 1 heterocycles. The summed E-state index contributed by atoms with van der Waals surface area (Å²) in [5.74, 6) is 0. The maximum Gasteiger partial charge on any atom is 0.0742 e. The predicted octanol–water partition coefficient (Wildman–Crippen LogP) is 13.9. The van der Waals surface area contributed by atoms with Crippen molar-refractivity contribution in [2.75, 3.05) is 4.90 Å². The summed E-state index contributed by atoms with van der Waals surface area (Å²) in [5.41, 5.74) is 20.9. The van der Waals surface area contributed by atoms with Crippen molar-refractivity contribution >= 4 is 17.1 Å². The first-order valence-electron chi connectivity index (χ1n) is 19.9. The van der Waals surface area contributed by atoms with Crippen LogP contribution in [0.2, 0.25) is 0 Å². The Morgan fingerprint density at radius 2 is 0.649 bits per heavy atom. The Hall–Kier alpha value is -7.22. The minimum atomic E-state index is -0.485. The zero-order valence-corrected chi connectivity index (χ0v) is 31.3. The van der Waals surface area contributed by atoms with E-state index >= 15 is 0 Å². The Morgan fingerprint density at radius 3 is 1.14 bits per heavy atom. The van der Waals surface area contributed by atoms with E-state index in [0.717, 1.165) is 5.69 Å². The van der Waals surface area contributed by atoms with Gasteiger partial charge in [-0.05, 0) is 108 Å². The van der Waals surface area contributed by atoms with Gasteiger partial charge >= 0.3 is 0 Å². The van der Waals surface area contributed by atoms with E-state index in [1.54, 1.807) is 0 Å². The molecule has 0 fully saturated rings. The third kappa shape index (κ3) is 4.23. The molecular formula is C56H37N. The number of rotatable bonds is 4. The van der Waals surface area contributed by atoms with Crippen molar-refractivity contribution in [3.05, 3.63) is 269 Å². The third-order valence-electron chi connectivity index (χ3n) is 13.0. The summed E-state index contributed by atoms with van der Waals surface area (Å²) in [4.78, 5) is 2.46. The molecule has 1 heteroatoms. The van der Waals surface area contributed by atoms with E-state index < -0.39 is 5.41 Å². The Kier molecular flexibility index (Phi) is 6.83. The average Bonchev–Trinajstić information content (AvgIpc) is 3.76. The van der Waals surface area contributed by atoms with Crippen LogP contribution in [0.4, 0.5) is 17.1 Å². The van der Waals surface area contributed by atoms with Crippen LogP contribution < -0.4 is 4.90 Å². The normalized spacial score (nSPS) is 14.6. The van der Waals surface area contributed by atoms with Crippen molar-refractivity contribution in [1.82, 2.24) is 0 Å². The highest BCUT2D eigenvalue weighted by Crippen LogP contribution is 2.63. The van der Waals surface area contributed by atoms with E-state index in [1.807, 2.05) is 0 Å². The molecule has 57 heavy (non-hydrogen) atoms. The topological polar surface area (TPSA) is 3.24 Å². The monoisotopic (exact) mass is 723 g/mol. The van der Waals surface area contributed by atoms with Gasteiger partial charge in [0.2, 0.25) is 0 Å². The summed E-state index contributed by atoms with van der Waals surface area (Å²) in [7, 11) is 0. The summed E-state index contributed by atoms with van der Waals surface area (Å²) in [6, 6.07) is 83.5. The summed E-state index contributed by atoms with van der Waals surface area (Å²) in [5, 5.41) is 0.